The Morgan fingerprint density at radius 2 is 1.74 bits per heavy atom. The summed E-state index contributed by atoms with van der Waals surface area (Å²) in [4.78, 5) is 24.2. The molecule has 1 aromatic rings. The molecule has 5 heteroatoms. The van der Waals surface area contributed by atoms with Gasteiger partial charge in [-0.3, -0.25) is 4.79 Å². The molecule has 0 aliphatic carbocycles. The summed E-state index contributed by atoms with van der Waals surface area (Å²) in [7, 11) is -0.144. The van der Waals surface area contributed by atoms with Gasteiger partial charge in [0.25, 0.3) is 0 Å². The van der Waals surface area contributed by atoms with Crippen LogP contribution in [0.1, 0.15) is 37.0 Å². The Morgan fingerprint density at radius 1 is 1.07 bits per heavy atom. The largest absolute Gasteiger partial charge is 0.460 e. The third kappa shape index (κ3) is 6.29. The van der Waals surface area contributed by atoms with Crippen LogP contribution in [0.5, 0.6) is 0 Å². The quantitative estimate of drug-likeness (QED) is 0.229. The minimum absolute atomic E-state index is 0.0173. The van der Waals surface area contributed by atoms with Crippen molar-refractivity contribution in [2.75, 3.05) is 24.7 Å². The van der Waals surface area contributed by atoms with Gasteiger partial charge in [-0.2, -0.15) is 10.5 Å². The van der Waals surface area contributed by atoms with E-state index < -0.39 is 5.97 Å². The van der Waals surface area contributed by atoms with Crippen molar-refractivity contribution in [2.45, 2.75) is 26.7 Å². The highest BCUT2D eigenvalue weighted by molar-refractivity contribution is 8.16. The third-order valence-electron chi connectivity index (χ3n) is 4.28. The molecule has 146 valence electrons. The molecule has 1 heterocycles. The predicted molar refractivity (Wildman–Crippen MR) is 112 cm³/mol. The van der Waals surface area contributed by atoms with Crippen LogP contribution in [-0.2, 0) is 14.3 Å². The molecular weight excluding hydrogens is 360 g/mol. The van der Waals surface area contributed by atoms with Crippen molar-refractivity contribution in [3.05, 3.63) is 60.2 Å². The first-order valence-electron chi connectivity index (χ1n) is 9.15. The smallest absolute Gasteiger partial charge is 0.333 e. The standard InChI is InChI=1S/C22H28O4S/c1-16(2)21(24)25-12-13-26-22(17(3)4)27-14-8-11-19(15-27)20(23)18-9-6-5-7-10-18/h5-7,9-10,19H,1,3,8,11-15H2,2,4H3. The minimum atomic E-state index is -0.413. The first-order valence-corrected chi connectivity index (χ1v) is 10.7. The van der Waals surface area contributed by atoms with Crippen LogP contribution in [0.2, 0.25) is 0 Å². The van der Waals surface area contributed by atoms with Gasteiger partial charge >= 0.3 is 5.97 Å². The second-order valence-electron chi connectivity index (χ2n) is 6.77. The van der Waals surface area contributed by atoms with E-state index in [4.69, 9.17) is 9.47 Å². The number of carbonyl (C=O) groups is 2. The minimum Gasteiger partial charge on any atom is -0.460 e. The molecule has 1 saturated heterocycles. The van der Waals surface area contributed by atoms with Crippen molar-refractivity contribution >= 4 is 27.3 Å². The van der Waals surface area contributed by atoms with Gasteiger partial charge in [0, 0.05) is 22.8 Å². The van der Waals surface area contributed by atoms with Gasteiger partial charge in [0.1, 0.15) is 11.7 Å². The molecule has 0 saturated carbocycles. The van der Waals surface area contributed by atoms with Gasteiger partial charge in [0.15, 0.2) is 5.78 Å². The fourth-order valence-electron chi connectivity index (χ4n) is 2.97. The van der Waals surface area contributed by atoms with Gasteiger partial charge in [0.05, 0.1) is 6.61 Å². The van der Waals surface area contributed by atoms with Crippen LogP contribution >= 0.6 is 10.5 Å². The second kappa shape index (κ2) is 10.4. The molecule has 0 radical (unpaired) electrons. The zero-order valence-electron chi connectivity index (χ0n) is 16.2. The third-order valence-corrected chi connectivity index (χ3v) is 6.86. The molecule has 0 amide bonds. The van der Waals surface area contributed by atoms with E-state index in [1.54, 1.807) is 6.92 Å². The Morgan fingerprint density at radius 3 is 2.37 bits per heavy atom. The van der Waals surface area contributed by atoms with Gasteiger partial charge in [-0.05, 0) is 38.0 Å². The fourth-order valence-corrected chi connectivity index (χ4v) is 5.54. The van der Waals surface area contributed by atoms with E-state index in [2.05, 4.69) is 13.2 Å². The van der Waals surface area contributed by atoms with E-state index in [1.165, 1.54) is 0 Å². The molecule has 1 aliphatic heterocycles. The summed E-state index contributed by atoms with van der Waals surface area (Å²) in [5.41, 5.74) is 2.02. The maximum Gasteiger partial charge on any atom is 0.333 e. The summed E-state index contributed by atoms with van der Waals surface area (Å²) >= 11 is 0. The second-order valence-corrected chi connectivity index (χ2v) is 8.86. The Bertz CT molecular complexity index is 749. The number of ketones is 1. The molecule has 2 unspecified atom stereocenters. The topological polar surface area (TPSA) is 52.6 Å². The van der Waals surface area contributed by atoms with E-state index >= 15 is 0 Å². The number of esters is 1. The van der Waals surface area contributed by atoms with E-state index in [0.29, 0.717) is 5.57 Å². The number of hydrogen-bond donors (Lipinski definition) is 0. The fraction of sp³-hybridized carbons (Fsp3) is 0.409. The summed E-state index contributed by atoms with van der Waals surface area (Å²) in [6, 6.07) is 9.48. The lowest BCUT2D eigenvalue weighted by atomic mass is 9.95. The lowest BCUT2D eigenvalue weighted by Gasteiger charge is -2.27. The highest BCUT2D eigenvalue weighted by atomic mass is 32.2. The van der Waals surface area contributed by atoms with Gasteiger partial charge in [-0.25, -0.2) is 4.79 Å². The van der Waals surface area contributed by atoms with Gasteiger partial charge in [-0.1, -0.05) is 43.5 Å². The zero-order chi connectivity index (χ0) is 19.8. The molecule has 2 rings (SSSR count). The number of benzene rings is 1. The number of Topliss-reactive ketones (excluding diaryl/α,β-unsaturated/α-hetero) is 1. The highest BCUT2D eigenvalue weighted by Gasteiger charge is 2.26. The zero-order valence-corrected chi connectivity index (χ0v) is 17.0. The molecule has 0 spiro atoms. The molecule has 1 fully saturated rings. The van der Waals surface area contributed by atoms with Crippen molar-refractivity contribution in [2.24, 2.45) is 5.92 Å². The van der Waals surface area contributed by atoms with Crippen LogP contribution in [0.15, 0.2) is 54.6 Å². The SMILES string of the molecule is C=C(C)C(=O)OCCO/C(C(=C)C)=S1\CCCC(C(=O)c2ccccc2)C1. The molecule has 0 aromatic heterocycles. The Balaban J connectivity index is 2.02. The van der Waals surface area contributed by atoms with Crippen LogP contribution in [0, 0.1) is 5.92 Å². The van der Waals surface area contributed by atoms with Crippen LogP contribution in [0.25, 0.3) is 0 Å². The van der Waals surface area contributed by atoms with Crippen molar-refractivity contribution < 1.29 is 19.1 Å². The maximum atomic E-state index is 12.8. The number of rotatable bonds is 7. The molecule has 2 atom stereocenters. The molecule has 27 heavy (non-hydrogen) atoms. The number of hydrogen-bond acceptors (Lipinski definition) is 4. The molecule has 1 aromatic carbocycles. The molecule has 0 bridgehead atoms. The Labute approximate surface area is 164 Å². The molecule has 4 nitrogen and oxygen atoms in total. The summed E-state index contributed by atoms with van der Waals surface area (Å²) in [5, 5.41) is 0.854. The van der Waals surface area contributed by atoms with E-state index in [1.807, 2.05) is 37.3 Å². The van der Waals surface area contributed by atoms with E-state index in [9.17, 15) is 9.59 Å². The first kappa shape index (κ1) is 21.3. The van der Waals surface area contributed by atoms with Crippen molar-refractivity contribution in [1.29, 1.82) is 0 Å². The normalized spacial score (nSPS) is 19.9. The van der Waals surface area contributed by atoms with E-state index in [0.717, 1.165) is 40.5 Å². The van der Waals surface area contributed by atoms with Gasteiger partial charge < -0.3 is 9.47 Å². The van der Waals surface area contributed by atoms with Gasteiger partial charge in [-0.15, -0.1) is 0 Å². The van der Waals surface area contributed by atoms with Crippen molar-refractivity contribution in [3.63, 3.8) is 0 Å². The number of ether oxygens (including phenoxy) is 2. The van der Waals surface area contributed by atoms with Crippen LogP contribution < -0.4 is 0 Å². The Kier molecular flexibility index (Phi) is 8.20. The van der Waals surface area contributed by atoms with Crippen molar-refractivity contribution in [1.82, 2.24) is 0 Å². The summed E-state index contributed by atoms with van der Waals surface area (Å²) in [6.45, 7) is 11.6. The Hall–Kier alpha value is -1.98. The van der Waals surface area contributed by atoms with Crippen LogP contribution in [0.3, 0.4) is 0 Å². The maximum absolute atomic E-state index is 12.8. The molecule has 1 aliphatic rings. The molecule has 0 N–H and O–H groups in total. The number of carbonyl (C=O) groups excluding carboxylic acids is 2. The van der Waals surface area contributed by atoms with E-state index in [-0.39, 0.29) is 35.4 Å². The van der Waals surface area contributed by atoms with Crippen molar-refractivity contribution in [3.8, 4) is 0 Å². The highest BCUT2D eigenvalue weighted by Crippen LogP contribution is 2.33. The summed E-state index contributed by atoms with van der Waals surface area (Å²) in [6.07, 6.45) is 1.91. The van der Waals surface area contributed by atoms with Crippen LogP contribution in [-0.4, -0.2) is 41.5 Å². The summed E-state index contributed by atoms with van der Waals surface area (Å²) < 4.78 is 11.0. The predicted octanol–water partition coefficient (Wildman–Crippen LogP) is 4.39. The lowest BCUT2D eigenvalue weighted by Crippen LogP contribution is -2.25. The first-order chi connectivity index (χ1) is 12.9. The average Bonchev–Trinajstić information content (AvgIpc) is 2.67. The monoisotopic (exact) mass is 388 g/mol. The lowest BCUT2D eigenvalue weighted by molar-refractivity contribution is -0.139. The van der Waals surface area contributed by atoms with Crippen LogP contribution in [0.4, 0.5) is 0 Å². The van der Waals surface area contributed by atoms with Gasteiger partial charge in [0.2, 0.25) is 0 Å². The molecular formula is C22H28O4S. The average molecular weight is 389 g/mol. The summed E-state index contributed by atoms with van der Waals surface area (Å²) in [5.74, 6) is 1.62.